The Labute approximate surface area is 322 Å². The van der Waals surface area contributed by atoms with Gasteiger partial charge in [-0.05, 0) is 77.7 Å². The van der Waals surface area contributed by atoms with Crippen LogP contribution in [0.15, 0.2) is 43.0 Å². The van der Waals surface area contributed by atoms with Gasteiger partial charge in [0.1, 0.15) is 11.3 Å². The third kappa shape index (κ3) is 9.06. The lowest BCUT2D eigenvalue weighted by Crippen LogP contribution is -2.51. The van der Waals surface area contributed by atoms with Gasteiger partial charge < -0.3 is 17.9 Å². The van der Waals surface area contributed by atoms with Crippen LogP contribution < -0.4 is 0 Å². The largest absolute Gasteiger partial charge is 0.462 e. The standard InChI is InChI=1S/C19H29ClN2O2Si.C16H25ClN2Si.C3H5ClO2/c1-8-24-19(23)16-11-21-18-15(17(16)20)9-10-22(18)25(12(2)3,13(4)5)14(6)7;1-11(2)20(12(3)4,13(5)6)19-10-8-14-15(17)7-9-18-16(14)19;1-2-6-3(4)5/h9-14H,8H2,1-7H3;7-13H,1-6H3;2H2,1H3. The third-order valence-electron chi connectivity index (χ3n) is 10.3. The molecule has 0 saturated carbocycles. The summed E-state index contributed by atoms with van der Waals surface area (Å²) in [7, 11) is -3.66. The van der Waals surface area contributed by atoms with E-state index in [0.29, 0.717) is 57.0 Å². The van der Waals surface area contributed by atoms with E-state index >= 15 is 0 Å². The molecule has 0 unspecified atom stereocenters. The fourth-order valence-electron chi connectivity index (χ4n) is 8.82. The average Bonchev–Trinajstić information content (AvgIpc) is 3.64. The molecule has 0 N–H and O–H groups in total. The quantitative estimate of drug-likeness (QED) is 0.0853. The van der Waals surface area contributed by atoms with Crippen molar-refractivity contribution < 1.29 is 19.1 Å². The second-order valence-electron chi connectivity index (χ2n) is 14.7. The Kier molecular flexibility index (Phi) is 16.8. The van der Waals surface area contributed by atoms with E-state index in [-0.39, 0.29) is 0 Å². The van der Waals surface area contributed by atoms with Crippen molar-refractivity contribution in [3.05, 3.63) is 58.6 Å². The van der Waals surface area contributed by atoms with Crippen molar-refractivity contribution in [2.75, 3.05) is 13.2 Å². The number of ether oxygens (including phenoxy) is 2. The van der Waals surface area contributed by atoms with Crippen LogP contribution in [0.2, 0.25) is 43.3 Å². The molecule has 4 rings (SSSR count). The third-order valence-corrected chi connectivity index (χ3v) is 24.7. The van der Waals surface area contributed by atoms with Crippen LogP contribution >= 0.6 is 34.8 Å². The van der Waals surface area contributed by atoms with Gasteiger partial charge >= 0.3 is 11.4 Å². The van der Waals surface area contributed by atoms with Gasteiger partial charge in [0.05, 0.1) is 28.8 Å². The minimum Gasteiger partial charge on any atom is -0.462 e. The minimum atomic E-state index is -1.92. The smallest absolute Gasteiger partial charge is 0.403 e. The summed E-state index contributed by atoms with van der Waals surface area (Å²) in [5.41, 5.74) is 5.13. The lowest BCUT2D eigenvalue weighted by molar-refractivity contribution is 0.0526. The van der Waals surface area contributed by atoms with E-state index in [1.165, 1.54) is 0 Å². The highest BCUT2D eigenvalue weighted by Crippen LogP contribution is 2.46. The van der Waals surface area contributed by atoms with Gasteiger partial charge in [0, 0.05) is 34.8 Å². The first-order chi connectivity index (χ1) is 23.8. The number of hydrogen-bond donors (Lipinski definition) is 0. The van der Waals surface area contributed by atoms with E-state index < -0.39 is 27.9 Å². The predicted molar refractivity (Wildman–Crippen MR) is 221 cm³/mol. The van der Waals surface area contributed by atoms with Gasteiger partial charge in [0.2, 0.25) is 0 Å². The zero-order chi connectivity index (χ0) is 39.0. The summed E-state index contributed by atoms with van der Waals surface area (Å²) < 4.78 is 14.1. The van der Waals surface area contributed by atoms with Crippen LogP contribution in [0.5, 0.6) is 0 Å². The molecular weight excluding hydrogens is 739 g/mol. The number of halogens is 3. The topological polar surface area (TPSA) is 88.2 Å². The van der Waals surface area contributed by atoms with Crippen molar-refractivity contribution in [1.29, 1.82) is 0 Å². The first-order valence-electron chi connectivity index (χ1n) is 18.1. The monoisotopic (exact) mass is 796 g/mol. The number of rotatable bonds is 11. The van der Waals surface area contributed by atoms with E-state index in [4.69, 9.17) is 39.5 Å². The van der Waals surface area contributed by atoms with E-state index in [9.17, 15) is 9.59 Å². The summed E-state index contributed by atoms with van der Waals surface area (Å²) >= 11 is 17.6. The first-order valence-corrected chi connectivity index (χ1v) is 23.6. The van der Waals surface area contributed by atoms with Crippen LogP contribution in [0.25, 0.3) is 22.1 Å². The summed E-state index contributed by atoms with van der Waals surface area (Å²) in [4.78, 5) is 30.9. The molecule has 0 saturated heterocycles. The Morgan fingerprint density at radius 2 is 1.08 bits per heavy atom. The molecule has 0 aromatic carbocycles. The highest BCUT2D eigenvalue weighted by Gasteiger charge is 2.47. The molecule has 8 nitrogen and oxygen atoms in total. The van der Waals surface area contributed by atoms with E-state index in [2.05, 4.69) is 125 Å². The Bertz CT molecular complexity index is 1710. The summed E-state index contributed by atoms with van der Waals surface area (Å²) in [6, 6.07) is 5.99. The number of esters is 1. The number of nitrogens with zero attached hydrogens (tertiary/aromatic N) is 4. The number of pyridine rings is 2. The maximum absolute atomic E-state index is 12.1. The SMILES string of the molecule is CC(C)[Si](C(C)C)(C(C)C)n1ccc2c(Cl)ccnc21.CCOC(=O)Cl.CCOC(=O)c1cnc2c(ccn2[Si](C(C)C)(C(C)C)C(C)C)c1Cl. The van der Waals surface area contributed by atoms with E-state index in [0.717, 1.165) is 27.1 Å². The highest BCUT2D eigenvalue weighted by molar-refractivity contribution is 6.83. The molecule has 0 aliphatic heterocycles. The van der Waals surface area contributed by atoms with Crippen LogP contribution in [0.3, 0.4) is 0 Å². The molecule has 4 aromatic heterocycles. The summed E-state index contributed by atoms with van der Waals surface area (Å²) in [6.07, 6.45) is 7.71. The van der Waals surface area contributed by atoms with Crippen molar-refractivity contribution in [1.82, 2.24) is 18.4 Å². The molecule has 4 heterocycles. The molecule has 0 radical (unpaired) electrons. The molecule has 4 aromatic rings. The van der Waals surface area contributed by atoms with Crippen molar-refractivity contribution in [2.24, 2.45) is 0 Å². The van der Waals surface area contributed by atoms with Gasteiger partial charge in [-0.15, -0.1) is 0 Å². The van der Waals surface area contributed by atoms with Gasteiger partial charge in [0.25, 0.3) is 0 Å². The molecule has 0 aliphatic rings. The molecule has 0 atom stereocenters. The Morgan fingerprint density at radius 1 is 0.667 bits per heavy atom. The summed E-state index contributed by atoms with van der Waals surface area (Å²) in [5.74, 6) is -0.422. The number of carbonyl (C=O) groups is 2. The van der Waals surface area contributed by atoms with Gasteiger partial charge in [-0.25, -0.2) is 19.6 Å². The Hall–Kier alpha value is -2.38. The maximum atomic E-state index is 12.1. The number of hydrogen-bond acceptors (Lipinski definition) is 6. The molecule has 0 amide bonds. The van der Waals surface area contributed by atoms with Crippen LogP contribution in [0.4, 0.5) is 4.79 Å². The van der Waals surface area contributed by atoms with Gasteiger partial charge in [-0.2, -0.15) is 0 Å². The predicted octanol–water partition coefficient (Wildman–Crippen LogP) is 13.0. The molecule has 0 fully saturated rings. The van der Waals surface area contributed by atoms with E-state index in [1.807, 2.05) is 18.3 Å². The molecule has 51 heavy (non-hydrogen) atoms. The summed E-state index contributed by atoms with van der Waals surface area (Å²) in [5, 5.41) is 3.13. The molecule has 284 valence electrons. The maximum Gasteiger partial charge on any atom is 0.403 e. The number of carbonyl (C=O) groups excluding carboxylic acids is 2. The average molecular weight is 798 g/mol. The van der Waals surface area contributed by atoms with Gasteiger partial charge in [0.15, 0.2) is 16.5 Å². The highest BCUT2D eigenvalue weighted by atomic mass is 35.5. The Balaban J connectivity index is 0.000000310. The fourth-order valence-corrected chi connectivity index (χ4v) is 22.5. The number of aromatic nitrogens is 4. The van der Waals surface area contributed by atoms with Gasteiger partial charge in [-0.3, -0.25) is 0 Å². The lowest BCUT2D eigenvalue weighted by Gasteiger charge is -2.44. The zero-order valence-corrected chi connectivity index (χ0v) is 37.2. The van der Waals surface area contributed by atoms with Crippen molar-refractivity contribution in [3.63, 3.8) is 0 Å². The van der Waals surface area contributed by atoms with Crippen molar-refractivity contribution in [3.8, 4) is 0 Å². The van der Waals surface area contributed by atoms with Crippen LogP contribution in [-0.4, -0.2) is 59.5 Å². The van der Waals surface area contributed by atoms with Crippen molar-refractivity contribution in [2.45, 2.75) is 130 Å². The molecule has 13 heteroatoms. The molecular formula is C38H59Cl3N4O4Si2. The number of fused-ring (bicyclic) bond motifs is 2. The molecule has 0 aliphatic carbocycles. The second kappa shape index (κ2) is 19.1. The van der Waals surface area contributed by atoms with E-state index in [1.54, 1.807) is 20.0 Å². The van der Waals surface area contributed by atoms with Crippen LogP contribution in [-0.2, 0) is 9.47 Å². The van der Waals surface area contributed by atoms with Crippen LogP contribution in [0, 0.1) is 0 Å². The molecule has 0 spiro atoms. The molecule has 0 bridgehead atoms. The first kappa shape index (κ1) is 44.8. The normalized spacial score (nSPS) is 12.2. The van der Waals surface area contributed by atoms with Crippen LogP contribution in [0.1, 0.15) is 107 Å². The van der Waals surface area contributed by atoms with Gasteiger partial charge in [-0.1, -0.05) is 106 Å². The second-order valence-corrected chi connectivity index (χ2v) is 27.3. The lowest BCUT2D eigenvalue weighted by atomic mass is 10.2. The van der Waals surface area contributed by atoms with Crippen molar-refractivity contribution >= 4 is 84.7 Å². The Morgan fingerprint density at radius 3 is 1.45 bits per heavy atom. The summed E-state index contributed by atoms with van der Waals surface area (Å²) in [6.45, 7) is 32.2. The fraction of sp³-hybridized carbons (Fsp3) is 0.579. The minimum absolute atomic E-state index is 0.318. The zero-order valence-electron chi connectivity index (χ0n) is 33.0.